The summed E-state index contributed by atoms with van der Waals surface area (Å²) < 4.78 is 1.90. The highest BCUT2D eigenvalue weighted by Crippen LogP contribution is 2.28. The number of aromatic nitrogens is 4. The minimum atomic E-state index is -1.18. The lowest BCUT2D eigenvalue weighted by Crippen LogP contribution is -2.20. The zero-order chi connectivity index (χ0) is 21.2. The third-order valence-electron chi connectivity index (χ3n) is 4.75. The van der Waals surface area contributed by atoms with Gasteiger partial charge in [0.1, 0.15) is 17.8 Å². The molecule has 0 spiro atoms. The third-order valence-corrected chi connectivity index (χ3v) is 5.06. The number of hydrogen-bond acceptors (Lipinski definition) is 5. The van der Waals surface area contributed by atoms with Gasteiger partial charge < -0.3 is 15.0 Å². The maximum Gasteiger partial charge on any atom is 0.274 e. The van der Waals surface area contributed by atoms with Crippen molar-refractivity contribution in [3.8, 4) is 0 Å². The molecule has 0 aliphatic heterocycles. The molecule has 3 aromatic rings. The summed E-state index contributed by atoms with van der Waals surface area (Å²) in [6, 6.07) is 9.19. The first-order valence-corrected chi connectivity index (χ1v) is 9.65. The summed E-state index contributed by atoms with van der Waals surface area (Å²) in [5.74, 6) is 0.729. The van der Waals surface area contributed by atoms with Gasteiger partial charge in [-0.2, -0.15) is 0 Å². The molecule has 7 nitrogen and oxygen atoms in total. The molecule has 1 amide bonds. The normalized spacial score (nSPS) is 12.6. The summed E-state index contributed by atoms with van der Waals surface area (Å²) in [5, 5.41) is 21.5. The van der Waals surface area contributed by atoms with Gasteiger partial charge in [0.05, 0.1) is 10.6 Å². The van der Waals surface area contributed by atoms with Crippen molar-refractivity contribution in [2.75, 3.05) is 5.32 Å². The monoisotopic (exact) mass is 413 g/mol. The van der Waals surface area contributed by atoms with Crippen molar-refractivity contribution in [1.82, 2.24) is 19.7 Å². The Balaban J connectivity index is 1.76. The molecule has 1 aromatic carbocycles. The van der Waals surface area contributed by atoms with Gasteiger partial charge in [-0.3, -0.25) is 4.79 Å². The maximum absolute atomic E-state index is 12.7. The molecular formula is C21H24ClN5O2. The quantitative estimate of drug-likeness (QED) is 0.642. The highest BCUT2D eigenvalue weighted by molar-refractivity contribution is 6.31. The van der Waals surface area contributed by atoms with Gasteiger partial charge in [0.25, 0.3) is 5.91 Å². The summed E-state index contributed by atoms with van der Waals surface area (Å²) in [4.78, 5) is 16.8. The molecule has 29 heavy (non-hydrogen) atoms. The molecule has 8 heteroatoms. The number of benzene rings is 1. The molecule has 2 heterocycles. The first kappa shape index (κ1) is 21.0. The largest absolute Gasteiger partial charge is 0.386 e. The molecule has 2 aromatic heterocycles. The summed E-state index contributed by atoms with van der Waals surface area (Å²) in [5.41, 5.74) is 1.20. The van der Waals surface area contributed by atoms with Gasteiger partial charge >= 0.3 is 0 Å². The zero-order valence-electron chi connectivity index (χ0n) is 16.8. The van der Waals surface area contributed by atoms with Gasteiger partial charge in [0.2, 0.25) is 0 Å². The summed E-state index contributed by atoms with van der Waals surface area (Å²) in [6.07, 6.45) is 3.80. The van der Waals surface area contributed by atoms with E-state index in [9.17, 15) is 9.90 Å². The van der Waals surface area contributed by atoms with E-state index in [4.69, 9.17) is 11.6 Å². The number of carbonyl (C=O) groups is 1. The standard InChI is InChI=1S/C21H24ClN5O2/c1-13(8-19-26-24-12-27(19)4)14-6-5-7-15(9-14)25-20(28)18-10-16(21(2,3)29)17(22)11-23-18/h5-7,9-13,29H,8H2,1-4H3,(H,25,28). The number of hydrogen-bond donors (Lipinski definition) is 2. The van der Waals surface area contributed by atoms with E-state index in [1.165, 1.54) is 12.3 Å². The highest BCUT2D eigenvalue weighted by atomic mass is 35.5. The van der Waals surface area contributed by atoms with Crippen LogP contribution in [0.3, 0.4) is 0 Å². The Morgan fingerprint density at radius 2 is 2.10 bits per heavy atom. The second-order valence-electron chi connectivity index (χ2n) is 7.65. The Morgan fingerprint density at radius 3 is 2.76 bits per heavy atom. The number of anilines is 1. The minimum Gasteiger partial charge on any atom is -0.386 e. The van der Waals surface area contributed by atoms with Crippen LogP contribution >= 0.6 is 11.6 Å². The fraction of sp³-hybridized carbons (Fsp3) is 0.333. The number of nitrogens with one attached hydrogen (secondary N) is 1. The molecule has 0 saturated carbocycles. The predicted molar refractivity (Wildman–Crippen MR) is 112 cm³/mol. The van der Waals surface area contributed by atoms with Crippen molar-refractivity contribution in [2.24, 2.45) is 7.05 Å². The van der Waals surface area contributed by atoms with Gasteiger partial charge in [-0.05, 0) is 43.5 Å². The second kappa shape index (κ2) is 8.31. The van der Waals surface area contributed by atoms with Crippen molar-refractivity contribution in [3.63, 3.8) is 0 Å². The first-order chi connectivity index (χ1) is 13.6. The lowest BCUT2D eigenvalue weighted by Gasteiger charge is -2.19. The van der Waals surface area contributed by atoms with Crippen LogP contribution in [0.2, 0.25) is 5.02 Å². The van der Waals surface area contributed by atoms with Crippen LogP contribution in [0.5, 0.6) is 0 Å². The highest BCUT2D eigenvalue weighted by Gasteiger charge is 2.22. The molecule has 0 aliphatic rings. The van der Waals surface area contributed by atoms with Crippen molar-refractivity contribution in [2.45, 2.75) is 38.7 Å². The van der Waals surface area contributed by atoms with Crippen molar-refractivity contribution < 1.29 is 9.90 Å². The predicted octanol–water partition coefficient (Wildman–Crippen LogP) is 3.69. The SMILES string of the molecule is CC(Cc1nncn1C)c1cccc(NC(=O)c2cc(C(C)(C)O)c(Cl)cn2)c1. The van der Waals surface area contributed by atoms with Crippen LogP contribution in [0.15, 0.2) is 42.9 Å². The Labute approximate surface area is 174 Å². The molecule has 3 rings (SSSR count). The number of carbonyl (C=O) groups excluding carboxylic acids is 1. The van der Waals surface area contributed by atoms with Crippen LogP contribution in [0.4, 0.5) is 5.69 Å². The molecule has 1 atom stereocenters. The van der Waals surface area contributed by atoms with E-state index in [1.807, 2.05) is 35.9 Å². The van der Waals surface area contributed by atoms with Gasteiger partial charge in [0.15, 0.2) is 0 Å². The molecule has 0 bridgehead atoms. The van der Waals surface area contributed by atoms with E-state index < -0.39 is 5.60 Å². The number of aliphatic hydroxyl groups is 1. The van der Waals surface area contributed by atoms with Gasteiger partial charge in [-0.25, -0.2) is 4.98 Å². The number of amides is 1. The van der Waals surface area contributed by atoms with Gasteiger partial charge in [-0.15, -0.1) is 10.2 Å². The summed E-state index contributed by atoms with van der Waals surface area (Å²) in [7, 11) is 1.92. The molecular weight excluding hydrogens is 390 g/mol. The van der Waals surface area contributed by atoms with Crippen LogP contribution in [-0.2, 0) is 19.1 Å². The number of nitrogens with zero attached hydrogens (tertiary/aromatic N) is 4. The minimum absolute atomic E-state index is 0.184. The fourth-order valence-electron chi connectivity index (χ4n) is 3.03. The van der Waals surface area contributed by atoms with E-state index in [0.717, 1.165) is 17.8 Å². The second-order valence-corrected chi connectivity index (χ2v) is 8.06. The molecule has 2 N–H and O–H groups in total. The summed E-state index contributed by atoms with van der Waals surface area (Å²) in [6.45, 7) is 5.32. The van der Waals surface area contributed by atoms with E-state index in [1.54, 1.807) is 20.2 Å². The Kier molecular flexibility index (Phi) is 6.00. The van der Waals surface area contributed by atoms with Crippen molar-refractivity contribution in [3.05, 3.63) is 70.5 Å². The molecule has 0 fully saturated rings. The lowest BCUT2D eigenvalue weighted by atomic mass is 9.97. The topological polar surface area (TPSA) is 92.9 Å². The van der Waals surface area contributed by atoms with Gasteiger partial charge in [0, 0.05) is 30.9 Å². The molecule has 0 radical (unpaired) electrons. The fourth-order valence-corrected chi connectivity index (χ4v) is 3.37. The first-order valence-electron chi connectivity index (χ1n) is 9.27. The van der Waals surface area contributed by atoms with Crippen LogP contribution < -0.4 is 5.32 Å². The van der Waals surface area contributed by atoms with Crippen LogP contribution in [0.1, 0.15) is 54.1 Å². The zero-order valence-corrected chi connectivity index (χ0v) is 17.6. The molecule has 0 saturated heterocycles. The van der Waals surface area contributed by atoms with Crippen LogP contribution in [-0.4, -0.2) is 30.8 Å². The van der Waals surface area contributed by atoms with Gasteiger partial charge in [-0.1, -0.05) is 30.7 Å². The van der Waals surface area contributed by atoms with Crippen LogP contribution in [0, 0.1) is 0 Å². The Bertz CT molecular complexity index is 1030. The molecule has 152 valence electrons. The van der Waals surface area contributed by atoms with E-state index in [-0.39, 0.29) is 17.5 Å². The number of halogens is 1. The average molecular weight is 414 g/mol. The van der Waals surface area contributed by atoms with E-state index in [2.05, 4.69) is 27.4 Å². The molecule has 0 aliphatic carbocycles. The Morgan fingerprint density at radius 1 is 1.34 bits per heavy atom. The summed E-state index contributed by atoms with van der Waals surface area (Å²) >= 11 is 6.11. The third kappa shape index (κ3) is 4.99. The number of pyridine rings is 1. The molecule has 1 unspecified atom stereocenters. The van der Waals surface area contributed by atoms with Crippen molar-refractivity contribution in [1.29, 1.82) is 0 Å². The van der Waals surface area contributed by atoms with E-state index in [0.29, 0.717) is 16.3 Å². The van der Waals surface area contributed by atoms with Crippen LogP contribution in [0.25, 0.3) is 0 Å². The maximum atomic E-state index is 12.7. The number of aryl methyl sites for hydroxylation is 1. The lowest BCUT2D eigenvalue weighted by molar-refractivity contribution is 0.0785. The Hall–Kier alpha value is -2.77. The smallest absolute Gasteiger partial charge is 0.274 e. The average Bonchev–Trinajstić information content (AvgIpc) is 3.06. The van der Waals surface area contributed by atoms with E-state index >= 15 is 0 Å². The van der Waals surface area contributed by atoms with Crippen molar-refractivity contribution >= 4 is 23.2 Å². The number of rotatable bonds is 6.